The third kappa shape index (κ3) is 3.16. The van der Waals surface area contributed by atoms with Gasteiger partial charge in [-0.25, -0.2) is 19.9 Å². The lowest BCUT2D eigenvalue weighted by molar-refractivity contribution is 1.10. The third-order valence-corrected chi connectivity index (χ3v) is 5.26. The summed E-state index contributed by atoms with van der Waals surface area (Å²) in [5, 5.41) is 5.11. The van der Waals surface area contributed by atoms with E-state index in [9.17, 15) is 0 Å². The van der Waals surface area contributed by atoms with Crippen LogP contribution in [0.2, 0.25) is 10.0 Å². The topological polar surface area (TPSA) is 63.6 Å². The van der Waals surface area contributed by atoms with Crippen LogP contribution in [0.1, 0.15) is 5.69 Å². The molecule has 0 atom stereocenters. The summed E-state index contributed by atoms with van der Waals surface area (Å²) in [7, 11) is 0. The van der Waals surface area contributed by atoms with Crippen molar-refractivity contribution in [2.75, 3.05) is 5.32 Å². The molecule has 0 fully saturated rings. The fourth-order valence-corrected chi connectivity index (χ4v) is 4.16. The molecular formula is C17H11Cl2N5S. The summed E-state index contributed by atoms with van der Waals surface area (Å²) < 4.78 is 0.907. The maximum Gasteiger partial charge on any atom is 0.151 e. The van der Waals surface area contributed by atoms with Gasteiger partial charge in [-0.05, 0) is 25.1 Å². The molecule has 0 aliphatic heterocycles. The maximum absolute atomic E-state index is 6.31. The number of nitrogens with zero attached hydrogens (tertiary/aromatic N) is 4. The van der Waals surface area contributed by atoms with Crippen LogP contribution in [-0.4, -0.2) is 19.9 Å². The average Bonchev–Trinajstić information content (AvgIpc) is 2.99. The Labute approximate surface area is 157 Å². The number of fused-ring (bicyclic) bond motifs is 1. The Balaban J connectivity index is 1.82. The second-order valence-corrected chi connectivity index (χ2v) is 7.11. The highest BCUT2D eigenvalue weighted by molar-refractivity contribution is 7.22. The molecule has 0 saturated heterocycles. The van der Waals surface area contributed by atoms with Gasteiger partial charge >= 0.3 is 0 Å². The lowest BCUT2D eigenvalue weighted by Gasteiger charge is -2.05. The van der Waals surface area contributed by atoms with Crippen molar-refractivity contribution < 1.29 is 0 Å². The Kier molecular flexibility index (Phi) is 4.25. The van der Waals surface area contributed by atoms with Gasteiger partial charge in [0.25, 0.3) is 0 Å². The second-order valence-electron chi connectivity index (χ2n) is 5.29. The quantitative estimate of drug-likeness (QED) is 0.502. The number of aromatic nitrogens is 4. The molecule has 4 rings (SSSR count). The molecule has 25 heavy (non-hydrogen) atoms. The third-order valence-electron chi connectivity index (χ3n) is 3.53. The van der Waals surface area contributed by atoms with Crippen molar-refractivity contribution in [3.63, 3.8) is 0 Å². The van der Waals surface area contributed by atoms with Crippen molar-refractivity contribution in [1.29, 1.82) is 0 Å². The van der Waals surface area contributed by atoms with Crippen molar-refractivity contribution >= 4 is 56.4 Å². The molecular weight excluding hydrogens is 377 g/mol. The molecule has 0 unspecified atom stereocenters. The number of anilines is 2. The van der Waals surface area contributed by atoms with Gasteiger partial charge in [0.15, 0.2) is 5.82 Å². The SMILES string of the molecule is Cc1cc(Nc2nccc3nc(-c4c(Cl)cccc4Cl)sc23)ncn1. The zero-order valence-corrected chi connectivity index (χ0v) is 15.3. The molecule has 0 aliphatic rings. The van der Waals surface area contributed by atoms with E-state index in [1.165, 1.54) is 17.7 Å². The maximum atomic E-state index is 6.31. The van der Waals surface area contributed by atoms with Gasteiger partial charge in [-0.2, -0.15) is 0 Å². The van der Waals surface area contributed by atoms with E-state index in [2.05, 4.69) is 25.3 Å². The molecule has 5 nitrogen and oxygen atoms in total. The van der Waals surface area contributed by atoms with Gasteiger partial charge in [0.2, 0.25) is 0 Å². The number of benzene rings is 1. The minimum Gasteiger partial charge on any atom is -0.324 e. The number of thiazole rings is 1. The highest BCUT2D eigenvalue weighted by Crippen LogP contribution is 2.40. The number of nitrogens with one attached hydrogen (secondary N) is 1. The van der Waals surface area contributed by atoms with Gasteiger partial charge in [0.05, 0.1) is 20.3 Å². The highest BCUT2D eigenvalue weighted by atomic mass is 35.5. The van der Waals surface area contributed by atoms with E-state index in [4.69, 9.17) is 23.2 Å². The molecule has 0 saturated carbocycles. The van der Waals surface area contributed by atoms with Crippen LogP contribution in [0.3, 0.4) is 0 Å². The second kappa shape index (κ2) is 6.55. The fraction of sp³-hybridized carbons (Fsp3) is 0.0588. The molecule has 1 aromatic carbocycles. The average molecular weight is 388 g/mol. The molecule has 0 amide bonds. The minimum atomic E-state index is 0.570. The molecule has 3 heterocycles. The largest absolute Gasteiger partial charge is 0.324 e. The monoisotopic (exact) mass is 387 g/mol. The van der Waals surface area contributed by atoms with E-state index in [0.29, 0.717) is 21.7 Å². The van der Waals surface area contributed by atoms with Crippen molar-refractivity contribution in [2.24, 2.45) is 0 Å². The van der Waals surface area contributed by atoms with Crippen LogP contribution in [0, 0.1) is 6.92 Å². The van der Waals surface area contributed by atoms with E-state index in [-0.39, 0.29) is 0 Å². The van der Waals surface area contributed by atoms with E-state index in [1.807, 2.05) is 25.1 Å². The van der Waals surface area contributed by atoms with E-state index >= 15 is 0 Å². The van der Waals surface area contributed by atoms with Crippen LogP contribution in [0.5, 0.6) is 0 Å². The Morgan fingerprint density at radius 2 is 1.84 bits per heavy atom. The first-order valence-corrected chi connectivity index (χ1v) is 8.94. The molecule has 4 aromatic rings. The van der Waals surface area contributed by atoms with Gasteiger partial charge in [-0.1, -0.05) is 29.3 Å². The summed E-state index contributed by atoms with van der Waals surface area (Å²) in [5.74, 6) is 1.36. The van der Waals surface area contributed by atoms with Gasteiger partial charge in [0, 0.05) is 23.5 Å². The zero-order chi connectivity index (χ0) is 17.4. The lowest BCUT2D eigenvalue weighted by atomic mass is 10.2. The standard InChI is InChI=1S/C17H11Cl2N5S/c1-9-7-13(22-8-21-9)24-16-15-12(5-6-20-16)23-17(25-15)14-10(18)3-2-4-11(14)19/h2-8H,1H3,(H,20,21,22,24). The summed E-state index contributed by atoms with van der Waals surface area (Å²) in [6, 6.07) is 9.13. The first-order chi connectivity index (χ1) is 12.1. The molecule has 0 spiro atoms. The van der Waals surface area contributed by atoms with Crippen LogP contribution < -0.4 is 5.32 Å². The van der Waals surface area contributed by atoms with E-state index in [1.54, 1.807) is 18.3 Å². The van der Waals surface area contributed by atoms with Crippen LogP contribution in [0.15, 0.2) is 42.9 Å². The Morgan fingerprint density at radius 1 is 1.04 bits per heavy atom. The molecule has 0 bridgehead atoms. The van der Waals surface area contributed by atoms with Gasteiger partial charge in [-0.3, -0.25) is 0 Å². The van der Waals surface area contributed by atoms with Crippen LogP contribution in [0.4, 0.5) is 11.6 Å². The van der Waals surface area contributed by atoms with E-state index in [0.717, 1.165) is 26.5 Å². The Bertz CT molecular complexity index is 1060. The Morgan fingerprint density at radius 3 is 2.60 bits per heavy atom. The highest BCUT2D eigenvalue weighted by Gasteiger charge is 2.16. The minimum absolute atomic E-state index is 0.570. The number of rotatable bonds is 3. The predicted octanol–water partition coefficient (Wildman–Crippen LogP) is 5.51. The molecule has 8 heteroatoms. The summed E-state index contributed by atoms with van der Waals surface area (Å²) >= 11 is 14.1. The normalized spacial score (nSPS) is 11.0. The smallest absolute Gasteiger partial charge is 0.151 e. The summed E-state index contributed by atoms with van der Waals surface area (Å²) in [6.45, 7) is 1.91. The molecule has 1 N–H and O–H groups in total. The first-order valence-electron chi connectivity index (χ1n) is 7.37. The van der Waals surface area contributed by atoms with Crippen LogP contribution >= 0.6 is 34.5 Å². The molecule has 0 aliphatic carbocycles. The van der Waals surface area contributed by atoms with Crippen LogP contribution in [0.25, 0.3) is 20.8 Å². The van der Waals surface area contributed by atoms with Crippen molar-refractivity contribution in [3.05, 3.63) is 58.6 Å². The zero-order valence-electron chi connectivity index (χ0n) is 13.0. The number of hydrogen-bond acceptors (Lipinski definition) is 6. The number of aryl methyl sites for hydroxylation is 1. The van der Waals surface area contributed by atoms with Crippen molar-refractivity contribution in [3.8, 4) is 10.6 Å². The van der Waals surface area contributed by atoms with Crippen LogP contribution in [-0.2, 0) is 0 Å². The first kappa shape index (κ1) is 16.2. The molecule has 3 aromatic heterocycles. The predicted molar refractivity (Wildman–Crippen MR) is 103 cm³/mol. The van der Waals surface area contributed by atoms with E-state index < -0.39 is 0 Å². The number of pyridine rings is 1. The summed E-state index contributed by atoms with van der Waals surface area (Å²) in [6.07, 6.45) is 3.22. The molecule has 0 radical (unpaired) electrons. The number of hydrogen-bond donors (Lipinski definition) is 1. The Hall–Kier alpha value is -2.28. The van der Waals surface area contributed by atoms with Gasteiger partial charge in [-0.15, -0.1) is 11.3 Å². The summed E-state index contributed by atoms with van der Waals surface area (Å²) in [4.78, 5) is 17.4. The number of halogens is 2. The summed E-state index contributed by atoms with van der Waals surface area (Å²) in [5.41, 5.74) is 2.42. The van der Waals surface area contributed by atoms with Crippen molar-refractivity contribution in [2.45, 2.75) is 6.92 Å². The fourth-order valence-electron chi connectivity index (χ4n) is 2.40. The van der Waals surface area contributed by atoms with Gasteiger partial charge in [0.1, 0.15) is 17.2 Å². The lowest BCUT2D eigenvalue weighted by Crippen LogP contribution is -1.97. The van der Waals surface area contributed by atoms with Crippen molar-refractivity contribution in [1.82, 2.24) is 19.9 Å². The van der Waals surface area contributed by atoms with Gasteiger partial charge < -0.3 is 5.32 Å². The molecule has 124 valence electrons.